The molecule has 0 aliphatic heterocycles. The Balaban J connectivity index is 1.89. The van der Waals surface area contributed by atoms with Gasteiger partial charge in [-0.1, -0.05) is 42.5 Å². The molecule has 0 aliphatic rings. The van der Waals surface area contributed by atoms with Crippen molar-refractivity contribution in [3.8, 4) is 0 Å². The summed E-state index contributed by atoms with van der Waals surface area (Å²) in [5.74, 6) is -0.453. The van der Waals surface area contributed by atoms with Crippen LogP contribution in [-0.4, -0.2) is 45.4 Å². The van der Waals surface area contributed by atoms with Gasteiger partial charge in [0.25, 0.3) is 5.91 Å². The normalized spacial score (nSPS) is 11.4. The van der Waals surface area contributed by atoms with E-state index in [0.29, 0.717) is 25.4 Å². The fourth-order valence-corrected chi connectivity index (χ4v) is 2.61. The van der Waals surface area contributed by atoms with Crippen molar-refractivity contribution in [2.45, 2.75) is 19.6 Å². The molecule has 0 radical (unpaired) electrons. The number of carbonyl (C=O) groups excluding carboxylic acids is 2. The number of hydrazine groups is 1. The molecule has 0 saturated carbocycles. The van der Waals surface area contributed by atoms with Crippen LogP contribution >= 0.6 is 0 Å². The highest BCUT2D eigenvalue weighted by Crippen LogP contribution is 2.25. The fraction of sp³-hybridized carbons (Fsp3) is 0.333. The number of nitrogens with zero attached hydrogens (tertiary/aromatic N) is 1. The Hall–Kier alpha value is -3.10. The summed E-state index contributed by atoms with van der Waals surface area (Å²) in [5, 5.41) is 2.76. The van der Waals surface area contributed by atoms with Crippen molar-refractivity contribution in [3.05, 3.63) is 60.2 Å². The summed E-state index contributed by atoms with van der Waals surface area (Å²) in [6, 6.07) is 16.9. The number of ether oxygens (including phenoxy) is 2. The molecule has 3 amide bonds. The van der Waals surface area contributed by atoms with Crippen LogP contribution in [0.1, 0.15) is 12.5 Å². The van der Waals surface area contributed by atoms with Gasteiger partial charge in [0.2, 0.25) is 0 Å². The van der Waals surface area contributed by atoms with Gasteiger partial charge in [-0.2, -0.15) is 0 Å². The van der Waals surface area contributed by atoms with Crippen LogP contribution in [0.5, 0.6) is 0 Å². The first-order valence-corrected chi connectivity index (χ1v) is 9.32. The van der Waals surface area contributed by atoms with Crippen LogP contribution in [0, 0.1) is 0 Å². The predicted octanol–water partition coefficient (Wildman–Crippen LogP) is 2.53. The van der Waals surface area contributed by atoms with Crippen LogP contribution < -0.4 is 21.1 Å². The van der Waals surface area contributed by atoms with Gasteiger partial charge < -0.3 is 19.7 Å². The molecule has 29 heavy (non-hydrogen) atoms. The zero-order valence-corrected chi connectivity index (χ0v) is 17.0. The SMILES string of the molecule is COCCO[C@H](C)C(=O)NNC(=O)Nc1ccccc1N(C)Cc1ccccc1. The molecule has 2 aromatic rings. The van der Waals surface area contributed by atoms with Crippen molar-refractivity contribution in [2.24, 2.45) is 0 Å². The van der Waals surface area contributed by atoms with Gasteiger partial charge in [0, 0.05) is 20.7 Å². The first-order chi connectivity index (χ1) is 14.0. The molecule has 0 aliphatic carbocycles. The van der Waals surface area contributed by atoms with Gasteiger partial charge >= 0.3 is 6.03 Å². The third kappa shape index (κ3) is 7.44. The first-order valence-electron chi connectivity index (χ1n) is 9.32. The zero-order valence-electron chi connectivity index (χ0n) is 17.0. The van der Waals surface area contributed by atoms with E-state index >= 15 is 0 Å². The second-order valence-electron chi connectivity index (χ2n) is 6.43. The van der Waals surface area contributed by atoms with Crippen molar-refractivity contribution in [1.29, 1.82) is 0 Å². The van der Waals surface area contributed by atoms with Crippen LogP contribution in [0.4, 0.5) is 16.2 Å². The maximum Gasteiger partial charge on any atom is 0.337 e. The monoisotopic (exact) mass is 400 g/mol. The Morgan fingerprint density at radius 1 is 1.00 bits per heavy atom. The molecule has 0 unspecified atom stereocenters. The van der Waals surface area contributed by atoms with E-state index in [2.05, 4.69) is 16.2 Å². The molecule has 1 atom stereocenters. The molecule has 0 bridgehead atoms. The molecule has 2 aromatic carbocycles. The molecular weight excluding hydrogens is 372 g/mol. The molecule has 2 rings (SSSR count). The molecule has 0 fully saturated rings. The van der Waals surface area contributed by atoms with Crippen molar-refractivity contribution in [2.75, 3.05) is 37.6 Å². The van der Waals surface area contributed by atoms with E-state index in [1.54, 1.807) is 20.1 Å². The number of urea groups is 1. The van der Waals surface area contributed by atoms with Gasteiger partial charge in [0.15, 0.2) is 0 Å². The summed E-state index contributed by atoms with van der Waals surface area (Å²) >= 11 is 0. The van der Waals surface area contributed by atoms with Gasteiger partial charge in [-0.05, 0) is 24.6 Å². The number of hydrogen-bond donors (Lipinski definition) is 3. The number of hydrogen-bond acceptors (Lipinski definition) is 5. The van der Waals surface area contributed by atoms with E-state index in [0.717, 1.165) is 11.3 Å². The zero-order chi connectivity index (χ0) is 21.1. The lowest BCUT2D eigenvalue weighted by Crippen LogP contribution is -2.48. The van der Waals surface area contributed by atoms with Crippen molar-refractivity contribution >= 4 is 23.3 Å². The highest BCUT2D eigenvalue weighted by Gasteiger charge is 2.15. The highest BCUT2D eigenvalue weighted by molar-refractivity contribution is 5.94. The lowest BCUT2D eigenvalue weighted by molar-refractivity contribution is -0.133. The van der Waals surface area contributed by atoms with Crippen LogP contribution in [0.25, 0.3) is 0 Å². The van der Waals surface area contributed by atoms with Crippen LogP contribution in [-0.2, 0) is 20.8 Å². The minimum Gasteiger partial charge on any atom is -0.382 e. The lowest BCUT2D eigenvalue weighted by Gasteiger charge is -2.23. The Labute approximate surface area is 171 Å². The number of benzene rings is 2. The van der Waals surface area contributed by atoms with E-state index in [-0.39, 0.29) is 0 Å². The van der Waals surface area contributed by atoms with E-state index in [1.807, 2.05) is 60.5 Å². The van der Waals surface area contributed by atoms with Crippen molar-refractivity contribution in [1.82, 2.24) is 10.9 Å². The van der Waals surface area contributed by atoms with Gasteiger partial charge in [-0.25, -0.2) is 10.2 Å². The molecular formula is C21H28N4O4. The smallest absolute Gasteiger partial charge is 0.337 e. The molecule has 3 N–H and O–H groups in total. The summed E-state index contributed by atoms with van der Waals surface area (Å²) in [5.41, 5.74) is 7.32. The van der Waals surface area contributed by atoms with Gasteiger partial charge in [-0.3, -0.25) is 10.2 Å². The van der Waals surface area contributed by atoms with E-state index in [4.69, 9.17) is 9.47 Å². The molecule has 156 valence electrons. The maximum atomic E-state index is 12.2. The number of rotatable bonds is 9. The van der Waals surface area contributed by atoms with Crippen LogP contribution in [0.2, 0.25) is 0 Å². The average molecular weight is 400 g/mol. The second kappa shape index (κ2) is 11.7. The summed E-state index contributed by atoms with van der Waals surface area (Å²) < 4.78 is 10.2. The largest absolute Gasteiger partial charge is 0.382 e. The third-order valence-electron chi connectivity index (χ3n) is 4.15. The molecule has 8 nitrogen and oxygen atoms in total. The van der Waals surface area contributed by atoms with E-state index in [9.17, 15) is 9.59 Å². The van der Waals surface area contributed by atoms with E-state index < -0.39 is 18.0 Å². The second-order valence-corrected chi connectivity index (χ2v) is 6.43. The topological polar surface area (TPSA) is 91.9 Å². The molecule has 0 heterocycles. The first kappa shape index (κ1) is 22.2. The van der Waals surface area contributed by atoms with Gasteiger partial charge in [0.1, 0.15) is 6.10 Å². The van der Waals surface area contributed by atoms with Gasteiger partial charge in [-0.15, -0.1) is 0 Å². The quantitative estimate of drug-likeness (QED) is 0.444. The van der Waals surface area contributed by atoms with Gasteiger partial charge in [0.05, 0.1) is 24.6 Å². The summed E-state index contributed by atoms with van der Waals surface area (Å²) in [7, 11) is 3.50. The van der Waals surface area contributed by atoms with Crippen LogP contribution in [0.3, 0.4) is 0 Å². The summed E-state index contributed by atoms with van der Waals surface area (Å²) in [6.07, 6.45) is -0.713. The molecule has 8 heteroatoms. The number of amides is 3. The number of para-hydroxylation sites is 2. The van der Waals surface area contributed by atoms with Crippen molar-refractivity contribution < 1.29 is 19.1 Å². The Morgan fingerprint density at radius 3 is 2.41 bits per heavy atom. The fourth-order valence-electron chi connectivity index (χ4n) is 2.61. The maximum absolute atomic E-state index is 12.2. The minimum absolute atomic E-state index is 0.290. The van der Waals surface area contributed by atoms with Crippen molar-refractivity contribution in [3.63, 3.8) is 0 Å². The van der Waals surface area contributed by atoms with E-state index in [1.165, 1.54) is 0 Å². The summed E-state index contributed by atoms with van der Waals surface area (Å²) in [4.78, 5) is 26.2. The third-order valence-corrected chi connectivity index (χ3v) is 4.15. The Morgan fingerprint density at radius 2 is 1.69 bits per heavy atom. The molecule has 0 spiro atoms. The Kier molecular flexibility index (Phi) is 8.94. The predicted molar refractivity (Wildman–Crippen MR) is 113 cm³/mol. The summed E-state index contributed by atoms with van der Waals surface area (Å²) in [6.45, 7) is 2.96. The minimum atomic E-state index is -0.713. The molecule has 0 saturated heterocycles. The average Bonchev–Trinajstić information content (AvgIpc) is 2.73. The highest BCUT2D eigenvalue weighted by atomic mass is 16.5. The Bertz CT molecular complexity index is 785. The number of methoxy groups -OCH3 is 1. The number of anilines is 2. The molecule has 0 aromatic heterocycles. The van der Waals surface area contributed by atoms with Crippen LogP contribution in [0.15, 0.2) is 54.6 Å². The number of carbonyl (C=O) groups is 2. The lowest BCUT2D eigenvalue weighted by atomic mass is 10.2. The standard InChI is InChI=1S/C21H28N4O4/c1-16(29-14-13-28-3)20(26)23-24-21(27)22-18-11-7-8-12-19(18)25(2)15-17-9-5-4-6-10-17/h4-12,16H,13-15H2,1-3H3,(H,23,26)(H2,22,24,27)/t16-/m1/s1. The number of nitrogens with one attached hydrogen (secondary N) is 3.